The van der Waals surface area contributed by atoms with Gasteiger partial charge in [0.05, 0.1) is 16.1 Å². The van der Waals surface area contributed by atoms with Crippen molar-refractivity contribution in [2.45, 2.75) is 6.42 Å². The van der Waals surface area contributed by atoms with Crippen molar-refractivity contribution in [1.82, 2.24) is 9.88 Å². The first-order chi connectivity index (χ1) is 11.6. The van der Waals surface area contributed by atoms with Crippen molar-refractivity contribution in [2.75, 3.05) is 13.1 Å². The molecule has 0 saturated carbocycles. The van der Waals surface area contributed by atoms with Gasteiger partial charge in [-0.2, -0.15) is 0 Å². The molecule has 2 aromatic heterocycles. The highest BCUT2D eigenvalue weighted by Crippen LogP contribution is 2.31. The number of carbonyl (C=O) groups is 2. The minimum atomic E-state index is -0.361. The maximum absolute atomic E-state index is 12.5. The van der Waals surface area contributed by atoms with Crippen LogP contribution in [0, 0.1) is 5.92 Å². The number of benzene rings is 1. The van der Waals surface area contributed by atoms with Gasteiger partial charge in [0.2, 0.25) is 5.91 Å². The molecule has 0 bridgehead atoms. The largest absolute Gasteiger partial charge is 0.448 e. The van der Waals surface area contributed by atoms with E-state index in [0.717, 1.165) is 15.2 Å². The Labute approximate surface area is 141 Å². The van der Waals surface area contributed by atoms with Gasteiger partial charge in [-0.15, -0.1) is 11.3 Å². The molecule has 1 aliphatic heterocycles. The van der Waals surface area contributed by atoms with E-state index < -0.39 is 0 Å². The van der Waals surface area contributed by atoms with E-state index in [2.05, 4.69) is 4.98 Å². The second-order valence-electron chi connectivity index (χ2n) is 5.79. The number of carbonyl (C=O) groups excluding carboxylic acids is 2. The van der Waals surface area contributed by atoms with Gasteiger partial charge in [-0.1, -0.05) is 12.1 Å². The topological polar surface area (TPSA) is 89.4 Å². The predicted molar refractivity (Wildman–Crippen MR) is 90.5 cm³/mol. The SMILES string of the molecule is NC(=O)[C@H]1CCN(C(=O)c2ccc(-c3nc4ccccc4s3)o2)C1. The zero-order valence-electron chi connectivity index (χ0n) is 12.8. The molecule has 1 saturated heterocycles. The average Bonchev–Trinajstić information content (AvgIpc) is 3.31. The minimum Gasteiger partial charge on any atom is -0.448 e. The van der Waals surface area contributed by atoms with Crippen molar-refractivity contribution in [3.8, 4) is 10.8 Å². The van der Waals surface area contributed by atoms with Gasteiger partial charge in [-0.25, -0.2) is 4.98 Å². The molecule has 1 aromatic carbocycles. The molecule has 24 heavy (non-hydrogen) atoms. The number of thiazole rings is 1. The second-order valence-corrected chi connectivity index (χ2v) is 6.82. The molecule has 3 aromatic rings. The monoisotopic (exact) mass is 341 g/mol. The van der Waals surface area contributed by atoms with E-state index in [9.17, 15) is 9.59 Å². The lowest BCUT2D eigenvalue weighted by atomic mass is 10.1. The fourth-order valence-corrected chi connectivity index (χ4v) is 3.81. The first-order valence-electron chi connectivity index (χ1n) is 7.66. The number of aromatic nitrogens is 1. The molecule has 1 atom stereocenters. The Bertz CT molecular complexity index is 897. The normalized spacial score (nSPS) is 17.5. The van der Waals surface area contributed by atoms with E-state index >= 15 is 0 Å². The lowest BCUT2D eigenvalue weighted by Gasteiger charge is -2.13. The van der Waals surface area contributed by atoms with Crippen LogP contribution in [0.25, 0.3) is 21.0 Å². The fourth-order valence-electron chi connectivity index (χ4n) is 2.88. The number of fused-ring (bicyclic) bond motifs is 1. The van der Waals surface area contributed by atoms with Gasteiger partial charge in [0, 0.05) is 13.1 Å². The quantitative estimate of drug-likeness (QED) is 0.792. The minimum absolute atomic E-state index is 0.217. The summed E-state index contributed by atoms with van der Waals surface area (Å²) >= 11 is 1.52. The number of hydrogen-bond acceptors (Lipinski definition) is 5. The molecule has 4 rings (SSSR count). The van der Waals surface area contributed by atoms with Crippen molar-refractivity contribution in [3.05, 3.63) is 42.2 Å². The second kappa shape index (κ2) is 5.76. The third-order valence-corrected chi connectivity index (χ3v) is 5.25. The van der Waals surface area contributed by atoms with Gasteiger partial charge in [0.1, 0.15) is 0 Å². The molecule has 1 aliphatic rings. The maximum atomic E-state index is 12.5. The molecule has 0 spiro atoms. The lowest BCUT2D eigenvalue weighted by molar-refractivity contribution is -0.121. The summed E-state index contributed by atoms with van der Waals surface area (Å²) in [5, 5.41) is 0.742. The molecule has 1 fully saturated rings. The van der Waals surface area contributed by atoms with Crippen molar-refractivity contribution in [2.24, 2.45) is 11.7 Å². The van der Waals surface area contributed by atoms with E-state index in [1.165, 1.54) is 11.3 Å². The number of nitrogens with two attached hydrogens (primary N) is 1. The molecule has 2 N–H and O–H groups in total. The van der Waals surface area contributed by atoms with E-state index in [4.69, 9.17) is 10.2 Å². The van der Waals surface area contributed by atoms with Crippen LogP contribution in [-0.4, -0.2) is 34.8 Å². The highest BCUT2D eigenvalue weighted by molar-refractivity contribution is 7.21. The van der Waals surface area contributed by atoms with Crippen LogP contribution in [0.1, 0.15) is 17.0 Å². The van der Waals surface area contributed by atoms with Gasteiger partial charge in [-0.05, 0) is 30.7 Å². The molecule has 0 radical (unpaired) electrons. The smallest absolute Gasteiger partial charge is 0.289 e. The highest BCUT2D eigenvalue weighted by Gasteiger charge is 2.31. The molecule has 122 valence electrons. The highest BCUT2D eigenvalue weighted by atomic mass is 32.1. The summed E-state index contributed by atoms with van der Waals surface area (Å²) in [6.45, 7) is 0.870. The molecule has 3 heterocycles. The summed E-state index contributed by atoms with van der Waals surface area (Å²) in [5.41, 5.74) is 6.22. The summed E-state index contributed by atoms with van der Waals surface area (Å²) in [7, 11) is 0. The number of rotatable bonds is 3. The number of nitrogens with zero attached hydrogens (tertiary/aromatic N) is 2. The van der Waals surface area contributed by atoms with Crippen molar-refractivity contribution < 1.29 is 14.0 Å². The third-order valence-electron chi connectivity index (χ3n) is 4.20. The van der Waals surface area contributed by atoms with Gasteiger partial charge < -0.3 is 15.1 Å². The lowest BCUT2D eigenvalue weighted by Crippen LogP contribution is -2.31. The van der Waals surface area contributed by atoms with Crippen LogP contribution >= 0.6 is 11.3 Å². The Morgan fingerprint density at radius 2 is 2.08 bits per heavy atom. The van der Waals surface area contributed by atoms with Crippen LogP contribution < -0.4 is 5.73 Å². The van der Waals surface area contributed by atoms with E-state index in [-0.39, 0.29) is 23.5 Å². The van der Waals surface area contributed by atoms with Crippen LogP contribution in [0.4, 0.5) is 0 Å². The third kappa shape index (κ3) is 2.56. The molecule has 7 heteroatoms. The van der Waals surface area contributed by atoms with E-state index in [0.29, 0.717) is 25.3 Å². The van der Waals surface area contributed by atoms with Gasteiger partial charge >= 0.3 is 0 Å². The first-order valence-corrected chi connectivity index (χ1v) is 8.48. The van der Waals surface area contributed by atoms with Crippen LogP contribution in [0.5, 0.6) is 0 Å². The van der Waals surface area contributed by atoms with Crippen molar-refractivity contribution >= 4 is 33.4 Å². The molecule has 0 unspecified atom stereocenters. The predicted octanol–water partition coefficient (Wildman–Crippen LogP) is 2.50. The fraction of sp³-hybridized carbons (Fsp3) is 0.235. The van der Waals surface area contributed by atoms with Crippen molar-refractivity contribution in [1.29, 1.82) is 0 Å². The molecule has 2 amide bonds. The van der Waals surface area contributed by atoms with Gasteiger partial charge in [0.25, 0.3) is 5.91 Å². The number of likely N-dealkylation sites (tertiary alicyclic amines) is 1. The number of furan rings is 1. The van der Waals surface area contributed by atoms with E-state index in [1.54, 1.807) is 17.0 Å². The first kappa shape index (κ1) is 14.9. The summed E-state index contributed by atoms with van der Waals surface area (Å²) in [4.78, 5) is 29.9. The Balaban J connectivity index is 1.56. The molecular weight excluding hydrogens is 326 g/mol. The van der Waals surface area contributed by atoms with Crippen LogP contribution in [-0.2, 0) is 4.79 Å². The Morgan fingerprint density at radius 1 is 1.25 bits per heavy atom. The Hall–Kier alpha value is -2.67. The van der Waals surface area contributed by atoms with Crippen LogP contribution in [0.2, 0.25) is 0 Å². The van der Waals surface area contributed by atoms with E-state index in [1.807, 2.05) is 24.3 Å². The Kier molecular flexibility index (Phi) is 3.57. The zero-order chi connectivity index (χ0) is 16.7. The molecule has 0 aliphatic carbocycles. The summed E-state index contributed by atoms with van der Waals surface area (Å²) in [5.74, 6) is -0.0155. The average molecular weight is 341 g/mol. The Morgan fingerprint density at radius 3 is 2.83 bits per heavy atom. The molecular formula is C17H15N3O3S. The van der Waals surface area contributed by atoms with Gasteiger partial charge in [-0.3, -0.25) is 9.59 Å². The number of para-hydroxylation sites is 1. The number of primary amides is 1. The summed E-state index contributed by atoms with van der Waals surface area (Å²) in [6, 6.07) is 11.3. The summed E-state index contributed by atoms with van der Waals surface area (Å²) < 4.78 is 6.78. The van der Waals surface area contributed by atoms with Crippen molar-refractivity contribution in [3.63, 3.8) is 0 Å². The maximum Gasteiger partial charge on any atom is 0.289 e. The van der Waals surface area contributed by atoms with Gasteiger partial charge in [0.15, 0.2) is 16.5 Å². The number of hydrogen-bond donors (Lipinski definition) is 1. The standard InChI is InChI=1S/C17H15N3O3S/c18-15(21)10-7-8-20(9-10)17(22)13-6-5-12(23-13)16-19-11-3-1-2-4-14(11)24-16/h1-6,10H,7-9H2,(H2,18,21)/t10-/m0/s1. The van der Waals surface area contributed by atoms with Crippen LogP contribution in [0.3, 0.4) is 0 Å². The zero-order valence-corrected chi connectivity index (χ0v) is 13.6. The van der Waals surface area contributed by atoms with Crippen LogP contribution in [0.15, 0.2) is 40.8 Å². The summed E-state index contributed by atoms with van der Waals surface area (Å²) in [6.07, 6.45) is 0.604. The number of amides is 2. The molecule has 6 nitrogen and oxygen atoms in total.